The van der Waals surface area contributed by atoms with Crippen LogP contribution in [0.15, 0.2) is 58.8 Å². The number of hydrazine groups is 1. The summed E-state index contributed by atoms with van der Waals surface area (Å²) in [4.78, 5) is 22.6. The lowest BCUT2D eigenvalue weighted by Gasteiger charge is -2.34. The fraction of sp³-hybridized carbons (Fsp3) is 0.440. The average molecular weight is 476 g/mol. The number of carbonyl (C=O) groups is 2. The van der Waals surface area contributed by atoms with Crippen LogP contribution >= 0.6 is 11.8 Å². The molecule has 1 aliphatic heterocycles. The number of rotatable bonds is 6. The summed E-state index contributed by atoms with van der Waals surface area (Å²) in [7, 11) is 0. The Balaban J connectivity index is 0.000000559. The monoisotopic (exact) mass is 475 g/mol. The summed E-state index contributed by atoms with van der Waals surface area (Å²) < 4.78 is 0. The van der Waals surface area contributed by atoms with Crippen molar-refractivity contribution in [2.75, 3.05) is 13.1 Å². The second-order valence-electron chi connectivity index (χ2n) is 8.74. The molecule has 2 rings (SSSR count). The molecule has 184 valence electrons. The second kappa shape index (κ2) is 14.6. The van der Waals surface area contributed by atoms with Gasteiger partial charge in [-0.1, -0.05) is 54.7 Å². The third-order valence-corrected chi connectivity index (χ3v) is 5.48. The number of nitrogens with zero attached hydrogens (tertiary/aromatic N) is 1. The van der Waals surface area contributed by atoms with Crippen LogP contribution in [0.25, 0.3) is 0 Å². The summed E-state index contributed by atoms with van der Waals surface area (Å²) in [5, 5.41) is 4.92. The molecule has 1 aromatic rings. The van der Waals surface area contributed by atoms with Gasteiger partial charge in [-0.15, -0.1) is 0 Å². The Morgan fingerprint density at radius 1 is 1.03 bits per heavy atom. The first-order valence-electron chi connectivity index (χ1n) is 10.8. The van der Waals surface area contributed by atoms with Gasteiger partial charge in [0.15, 0.2) is 11.6 Å². The van der Waals surface area contributed by atoms with Gasteiger partial charge in [0.1, 0.15) is 5.82 Å². The molecule has 0 aliphatic carbocycles. The molecule has 0 unspecified atom stereocenters. The van der Waals surface area contributed by atoms with Gasteiger partial charge in [-0.25, -0.2) is 5.84 Å². The van der Waals surface area contributed by atoms with Gasteiger partial charge in [-0.2, -0.15) is 0 Å². The summed E-state index contributed by atoms with van der Waals surface area (Å²) in [6.07, 6.45) is 2.78. The van der Waals surface area contributed by atoms with Crippen LogP contribution in [0, 0.1) is 6.92 Å². The van der Waals surface area contributed by atoms with E-state index in [1.54, 1.807) is 6.92 Å². The van der Waals surface area contributed by atoms with E-state index in [1.807, 2.05) is 52.0 Å². The minimum Gasteiger partial charge on any atom is -0.394 e. The van der Waals surface area contributed by atoms with Crippen molar-refractivity contribution in [2.45, 2.75) is 59.9 Å². The number of allylic oxidation sites excluding steroid dienone is 1. The first kappa shape index (κ1) is 30.4. The van der Waals surface area contributed by atoms with Crippen LogP contribution in [0.2, 0.25) is 0 Å². The number of hydrogen-bond donors (Lipinski definition) is 4. The Hall–Kier alpha value is -2.55. The fourth-order valence-electron chi connectivity index (χ4n) is 2.44. The lowest BCUT2D eigenvalue weighted by atomic mass is 10.1. The number of benzene rings is 1. The van der Waals surface area contributed by atoms with E-state index >= 15 is 0 Å². The fourth-order valence-corrected chi connectivity index (χ4v) is 3.18. The van der Waals surface area contributed by atoms with Gasteiger partial charge in [-0.3, -0.25) is 14.6 Å². The van der Waals surface area contributed by atoms with E-state index in [1.165, 1.54) is 43.4 Å². The predicted octanol–water partition coefficient (Wildman–Crippen LogP) is 3.96. The molecule has 0 radical (unpaired) electrons. The van der Waals surface area contributed by atoms with Gasteiger partial charge in [0.25, 0.3) is 0 Å². The molecule has 8 heteroatoms. The van der Waals surface area contributed by atoms with Gasteiger partial charge < -0.3 is 16.8 Å². The number of aryl methyl sites for hydroxylation is 1. The van der Waals surface area contributed by atoms with Crippen LogP contribution in [-0.2, 0) is 4.79 Å². The quantitative estimate of drug-likeness (QED) is 0.160. The van der Waals surface area contributed by atoms with Crippen molar-refractivity contribution in [3.63, 3.8) is 0 Å². The maximum atomic E-state index is 11.4. The average Bonchev–Trinajstić information content (AvgIpc) is 3.30. The molecule has 0 spiro atoms. The first-order valence-corrected chi connectivity index (χ1v) is 11.7. The maximum absolute atomic E-state index is 11.4. The topological polar surface area (TPSA) is 127 Å². The Labute approximate surface area is 203 Å². The van der Waals surface area contributed by atoms with Crippen molar-refractivity contribution in [1.82, 2.24) is 10.3 Å². The Morgan fingerprint density at radius 2 is 1.52 bits per heavy atom. The molecule has 0 aromatic heterocycles. The molecular weight excluding hydrogens is 434 g/mol. The Morgan fingerprint density at radius 3 is 1.82 bits per heavy atom. The third kappa shape index (κ3) is 12.3. The number of nitrogens with one attached hydrogen (secondary N) is 1. The molecule has 0 amide bonds. The van der Waals surface area contributed by atoms with Gasteiger partial charge in [0.05, 0.1) is 9.93 Å². The SMILES string of the molecule is C1CCNC1.C=C(N)S/C(C(=C)C(C)=O)=C(\N)N(N)C(C)(C)C.CC(=O)c1ccc(C)cc1. The van der Waals surface area contributed by atoms with Crippen LogP contribution in [0.5, 0.6) is 0 Å². The van der Waals surface area contributed by atoms with Crippen molar-refractivity contribution < 1.29 is 9.59 Å². The molecule has 0 bridgehead atoms. The smallest absolute Gasteiger partial charge is 0.160 e. The number of hydrogen-bond acceptors (Lipinski definition) is 8. The molecule has 1 aromatic carbocycles. The summed E-state index contributed by atoms with van der Waals surface area (Å²) in [5.74, 6) is 6.11. The zero-order valence-electron chi connectivity index (χ0n) is 21.0. The highest BCUT2D eigenvalue weighted by atomic mass is 32.2. The number of thioether (sulfide) groups is 1. The number of carbonyl (C=O) groups excluding carboxylic acids is 2. The van der Waals surface area contributed by atoms with Crippen LogP contribution in [0.3, 0.4) is 0 Å². The summed E-state index contributed by atoms with van der Waals surface area (Å²) >= 11 is 1.08. The van der Waals surface area contributed by atoms with Crippen molar-refractivity contribution >= 4 is 23.3 Å². The van der Waals surface area contributed by atoms with E-state index in [0.29, 0.717) is 9.93 Å². The highest BCUT2D eigenvalue weighted by Crippen LogP contribution is 2.31. The molecule has 1 fully saturated rings. The Bertz CT molecular complexity index is 843. The number of ketones is 2. The van der Waals surface area contributed by atoms with E-state index in [9.17, 15) is 9.59 Å². The van der Waals surface area contributed by atoms with Crippen LogP contribution in [0.4, 0.5) is 0 Å². The molecule has 0 saturated carbocycles. The lowest BCUT2D eigenvalue weighted by molar-refractivity contribution is -0.113. The largest absolute Gasteiger partial charge is 0.394 e. The number of Topliss-reactive ketones (excluding diaryl/α,β-unsaturated/α-hetero) is 2. The minimum atomic E-state index is -0.386. The van der Waals surface area contributed by atoms with E-state index in [-0.39, 0.29) is 28.5 Å². The molecular formula is C25H41N5O2S. The van der Waals surface area contributed by atoms with Gasteiger partial charge in [0, 0.05) is 16.7 Å². The van der Waals surface area contributed by atoms with Crippen molar-refractivity contribution in [1.29, 1.82) is 0 Å². The summed E-state index contributed by atoms with van der Waals surface area (Å²) in [6.45, 7) is 20.5. The zero-order valence-corrected chi connectivity index (χ0v) is 21.8. The highest BCUT2D eigenvalue weighted by molar-refractivity contribution is 8.06. The van der Waals surface area contributed by atoms with Crippen LogP contribution in [-0.4, -0.2) is 35.2 Å². The summed E-state index contributed by atoms with van der Waals surface area (Å²) in [6, 6.07) is 7.57. The maximum Gasteiger partial charge on any atom is 0.160 e. The van der Waals surface area contributed by atoms with E-state index < -0.39 is 0 Å². The van der Waals surface area contributed by atoms with Crippen LogP contribution in [0.1, 0.15) is 63.4 Å². The normalized spacial score (nSPS) is 13.4. The molecule has 1 saturated heterocycles. The molecule has 1 heterocycles. The first-order chi connectivity index (χ1) is 15.2. The third-order valence-electron chi connectivity index (χ3n) is 4.56. The molecule has 7 N–H and O–H groups in total. The predicted molar refractivity (Wildman–Crippen MR) is 141 cm³/mol. The van der Waals surface area contributed by atoms with Gasteiger partial charge in [-0.05, 0) is 67.5 Å². The molecule has 0 atom stereocenters. The van der Waals surface area contributed by atoms with E-state index in [2.05, 4.69) is 18.5 Å². The van der Waals surface area contributed by atoms with Gasteiger partial charge >= 0.3 is 0 Å². The van der Waals surface area contributed by atoms with E-state index in [4.69, 9.17) is 17.3 Å². The Kier molecular flexibility index (Phi) is 13.4. The minimum absolute atomic E-state index is 0.125. The van der Waals surface area contributed by atoms with Crippen molar-refractivity contribution in [3.8, 4) is 0 Å². The van der Waals surface area contributed by atoms with Gasteiger partial charge in [0.2, 0.25) is 0 Å². The zero-order chi connectivity index (χ0) is 25.8. The highest BCUT2D eigenvalue weighted by Gasteiger charge is 2.24. The molecule has 33 heavy (non-hydrogen) atoms. The summed E-state index contributed by atoms with van der Waals surface area (Å²) in [5.41, 5.74) is 13.4. The lowest BCUT2D eigenvalue weighted by Crippen LogP contribution is -2.48. The molecule has 1 aliphatic rings. The van der Waals surface area contributed by atoms with Crippen molar-refractivity contribution in [3.05, 3.63) is 69.9 Å². The molecule has 7 nitrogen and oxygen atoms in total. The van der Waals surface area contributed by atoms with E-state index in [0.717, 1.165) is 17.3 Å². The number of nitrogens with two attached hydrogens (primary N) is 3. The van der Waals surface area contributed by atoms with Crippen molar-refractivity contribution in [2.24, 2.45) is 17.3 Å². The second-order valence-corrected chi connectivity index (χ2v) is 9.87. The van der Waals surface area contributed by atoms with Crippen LogP contribution < -0.4 is 22.6 Å². The standard InChI is InChI=1S/C12H22N4OS.C9H10O.C4H9N/c1-7(8(2)17)10(18-9(3)13)11(14)16(15)12(4,5)6;1-7-3-5-9(6-4-7)8(2)10;1-2-4-5-3-1/h1,3,13-15H2,2,4-6H3;3-6H,1-2H3;5H,1-4H2/b11-10+;;.